The molecule has 2 N–H and O–H groups in total. The lowest BCUT2D eigenvalue weighted by molar-refractivity contribution is 0.576. The number of likely N-dealkylation sites (N-methyl/N-ethyl adjacent to an activating group) is 1. The van der Waals surface area contributed by atoms with E-state index in [1.165, 1.54) is 0 Å². The second kappa shape index (κ2) is 9.00. The van der Waals surface area contributed by atoms with Crippen molar-refractivity contribution in [3.63, 3.8) is 0 Å². The van der Waals surface area contributed by atoms with Gasteiger partial charge in [-0.15, -0.1) is 12.4 Å². The number of nitrogens with one attached hydrogen (secondary N) is 2. The molecule has 19 heavy (non-hydrogen) atoms. The monoisotopic (exact) mass is 346 g/mol. The van der Waals surface area contributed by atoms with Crippen LogP contribution in [0.15, 0.2) is 18.2 Å². The highest BCUT2D eigenvalue weighted by atomic mass is 35.5. The zero-order valence-corrected chi connectivity index (χ0v) is 13.6. The normalized spacial score (nSPS) is 11.1. The SMILES string of the molecule is CCNCCNS(=O)(=O)Cc1cc(Cl)cc(Cl)c1.Cl. The highest BCUT2D eigenvalue weighted by molar-refractivity contribution is 7.88. The first-order valence-corrected chi connectivity index (χ1v) is 7.97. The summed E-state index contributed by atoms with van der Waals surface area (Å²) in [4.78, 5) is 0. The maximum absolute atomic E-state index is 11.8. The van der Waals surface area contributed by atoms with Crippen LogP contribution in [0.4, 0.5) is 0 Å². The first-order chi connectivity index (χ1) is 8.43. The van der Waals surface area contributed by atoms with Gasteiger partial charge in [-0.25, -0.2) is 13.1 Å². The van der Waals surface area contributed by atoms with Crippen molar-refractivity contribution in [3.8, 4) is 0 Å². The summed E-state index contributed by atoms with van der Waals surface area (Å²) in [7, 11) is -3.36. The Bertz CT molecular complexity index is 474. The maximum atomic E-state index is 11.8. The molecule has 1 aromatic rings. The lowest BCUT2D eigenvalue weighted by Gasteiger charge is -2.07. The molecule has 4 nitrogen and oxygen atoms in total. The highest BCUT2D eigenvalue weighted by Crippen LogP contribution is 2.20. The van der Waals surface area contributed by atoms with E-state index in [2.05, 4.69) is 10.0 Å². The zero-order valence-electron chi connectivity index (χ0n) is 10.4. The molecule has 0 bridgehead atoms. The van der Waals surface area contributed by atoms with Crippen molar-refractivity contribution in [2.75, 3.05) is 19.6 Å². The molecule has 0 amide bonds. The minimum Gasteiger partial charge on any atom is -0.316 e. The van der Waals surface area contributed by atoms with Gasteiger partial charge in [-0.05, 0) is 30.3 Å². The van der Waals surface area contributed by atoms with Crippen LogP contribution in [0.1, 0.15) is 12.5 Å². The Balaban J connectivity index is 0.00000324. The van der Waals surface area contributed by atoms with Gasteiger partial charge in [0.2, 0.25) is 10.0 Å². The quantitative estimate of drug-likeness (QED) is 0.745. The van der Waals surface area contributed by atoms with Gasteiger partial charge in [0.25, 0.3) is 0 Å². The second-order valence-electron chi connectivity index (χ2n) is 3.78. The fraction of sp³-hybridized carbons (Fsp3) is 0.455. The van der Waals surface area contributed by atoms with E-state index < -0.39 is 10.0 Å². The molecule has 0 aliphatic rings. The van der Waals surface area contributed by atoms with E-state index in [0.717, 1.165) is 6.54 Å². The van der Waals surface area contributed by atoms with Gasteiger partial charge in [-0.3, -0.25) is 0 Å². The number of rotatable bonds is 7. The molecule has 0 aliphatic heterocycles. The Morgan fingerprint density at radius 3 is 2.21 bits per heavy atom. The van der Waals surface area contributed by atoms with Crippen LogP contribution in [0.2, 0.25) is 10.0 Å². The van der Waals surface area contributed by atoms with Gasteiger partial charge >= 0.3 is 0 Å². The van der Waals surface area contributed by atoms with Crippen molar-refractivity contribution >= 4 is 45.6 Å². The molecule has 1 aromatic carbocycles. The highest BCUT2D eigenvalue weighted by Gasteiger charge is 2.11. The van der Waals surface area contributed by atoms with E-state index in [4.69, 9.17) is 23.2 Å². The van der Waals surface area contributed by atoms with E-state index in [1.807, 2.05) is 6.92 Å². The molecule has 0 heterocycles. The lowest BCUT2D eigenvalue weighted by Crippen LogP contribution is -2.32. The van der Waals surface area contributed by atoms with E-state index in [-0.39, 0.29) is 18.2 Å². The average molecular weight is 348 g/mol. The summed E-state index contributed by atoms with van der Waals surface area (Å²) in [6, 6.07) is 4.76. The Labute approximate surface area is 130 Å². The fourth-order valence-corrected chi connectivity index (χ4v) is 3.13. The number of hydrogen-bond donors (Lipinski definition) is 2. The molecule has 8 heteroatoms. The predicted molar refractivity (Wildman–Crippen MR) is 82.9 cm³/mol. The van der Waals surface area contributed by atoms with E-state index in [0.29, 0.717) is 28.7 Å². The molecule has 0 fully saturated rings. The van der Waals surface area contributed by atoms with Crippen LogP contribution in [0.25, 0.3) is 0 Å². The summed E-state index contributed by atoms with van der Waals surface area (Å²) >= 11 is 11.6. The summed E-state index contributed by atoms with van der Waals surface area (Å²) in [5.74, 6) is -0.126. The Morgan fingerprint density at radius 1 is 1.11 bits per heavy atom. The van der Waals surface area contributed by atoms with E-state index in [9.17, 15) is 8.42 Å². The molecule has 110 valence electrons. The lowest BCUT2D eigenvalue weighted by atomic mass is 10.2. The molecule has 1 rings (SSSR count). The topological polar surface area (TPSA) is 58.2 Å². The van der Waals surface area contributed by atoms with Crippen molar-refractivity contribution in [3.05, 3.63) is 33.8 Å². The summed E-state index contributed by atoms with van der Waals surface area (Å²) in [6.07, 6.45) is 0. The third-order valence-electron chi connectivity index (χ3n) is 2.15. The zero-order chi connectivity index (χ0) is 13.6. The number of hydrogen-bond acceptors (Lipinski definition) is 3. The van der Waals surface area contributed by atoms with Crippen molar-refractivity contribution in [2.45, 2.75) is 12.7 Å². The smallest absolute Gasteiger partial charge is 0.215 e. The van der Waals surface area contributed by atoms with Gasteiger partial charge in [-0.1, -0.05) is 30.1 Å². The standard InChI is InChI=1S/C11H16Cl2N2O2S.ClH/c1-2-14-3-4-15-18(16,17)8-9-5-10(12)7-11(13)6-9;/h5-7,14-15H,2-4,8H2,1H3;1H. The molecule has 0 spiro atoms. The average Bonchev–Trinajstić information content (AvgIpc) is 2.22. The number of benzene rings is 1. The van der Waals surface area contributed by atoms with Crippen LogP contribution < -0.4 is 10.0 Å². The molecule has 0 atom stereocenters. The van der Waals surface area contributed by atoms with Crippen LogP contribution in [-0.2, 0) is 15.8 Å². The molecule has 0 aromatic heterocycles. The second-order valence-corrected chi connectivity index (χ2v) is 6.46. The van der Waals surface area contributed by atoms with Gasteiger partial charge in [-0.2, -0.15) is 0 Å². The summed E-state index contributed by atoms with van der Waals surface area (Å²) < 4.78 is 26.0. The fourth-order valence-electron chi connectivity index (χ4n) is 1.44. The minimum absolute atomic E-state index is 0. The third kappa shape index (κ3) is 7.97. The number of halogens is 3. The van der Waals surface area contributed by atoms with Gasteiger partial charge in [0.05, 0.1) is 5.75 Å². The molecular formula is C11H17Cl3N2O2S. The molecular weight excluding hydrogens is 331 g/mol. The Kier molecular flexibility index (Phi) is 8.98. The van der Waals surface area contributed by atoms with Crippen LogP contribution in [0.5, 0.6) is 0 Å². The van der Waals surface area contributed by atoms with Gasteiger partial charge in [0.1, 0.15) is 0 Å². The molecule has 0 saturated heterocycles. The van der Waals surface area contributed by atoms with Gasteiger partial charge < -0.3 is 5.32 Å². The van der Waals surface area contributed by atoms with Crippen LogP contribution >= 0.6 is 35.6 Å². The largest absolute Gasteiger partial charge is 0.316 e. The van der Waals surface area contributed by atoms with Crippen molar-refractivity contribution in [1.29, 1.82) is 0 Å². The molecule has 0 saturated carbocycles. The summed E-state index contributed by atoms with van der Waals surface area (Å²) in [5, 5.41) is 3.90. The predicted octanol–water partition coefficient (Wildman–Crippen LogP) is 2.44. The Hall–Kier alpha value is -0.0400. The van der Waals surface area contributed by atoms with Crippen LogP contribution in [0.3, 0.4) is 0 Å². The van der Waals surface area contributed by atoms with E-state index >= 15 is 0 Å². The number of sulfonamides is 1. The molecule has 0 aliphatic carbocycles. The van der Waals surface area contributed by atoms with E-state index in [1.54, 1.807) is 18.2 Å². The first kappa shape index (κ1) is 19.0. The summed E-state index contributed by atoms with van der Waals surface area (Å²) in [6.45, 7) is 3.74. The van der Waals surface area contributed by atoms with Gasteiger partial charge in [0.15, 0.2) is 0 Å². The maximum Gasteiger partial charge on any atom is 0.215 e. The van der Waals surface area contributed by atoms with Crippen LogP contribution in [-0.4, -0.2) is 28.1 Å². The molecule has 0 radical (unpaired) electrons. The van der Waals surface area contributed by atoms with Crippen molar-refractivity contribution in [1.82, 2.24) is 10.0 Å². The molecule has 0 unspecified atom stereocenters. The van der Waals surface area contributed by atoms with Crippen molar-refractivity contribution in [2.24, 2.45) is 0 Å². The van der Waals surface area contributed by atoms with Crippen LogP contribution in [0, 0.1) is 0 Å². The van der Waals surface area contributed by atoms with Gasteiger partial charge in [0, 0.05) is 23.1 Å². The Morgan fingerprint density at radius 2 is 1.68 bits per heavy atom. The van der Waals surface area contributed by atoms with Crippen molar-refractivity contribution < 1.29 is 8.42 Å². The first-order valence-electron chi connectivity index (χ1n) is 5.56. The summed E-state index contributed by atoms with van der Waals surface area (Å²) in [5.41, 5.74) is 0.573. The third-order valence-corrected chi connectivity index (χ3v) is 3.95. The minimum atomic E-state index is -3.36.